The van der Waals surface area contributed by atoms with Crippen LogP contribution in [0.25, 0.3) is 0 Å². The summed E-state index contributed by atoms with van der Waals surface area (Å²) in [6.07, 6.45) is 5.68. The minimum absolute atomic E-state index is 0. The number of ether oxygens (including phenoxy) is 1. The molecule has 130 valence electrons. The SMILES string of the molecule is CCCOc1ccc(CCC(=O)N2CCCCC2CN)cc1.Cl. The molecular formula is C18H29ClN2O2. The fraction of sp³-hybridized carbons (Fsp3) is 0.611. The molecule has 23 heavy (non-hydrogen) atoms. The Morgan fingerprint density at radius 2 is 2.04 bits per heavy atom. The van der Waals surface area contributed by atoms with Crippen molar-refractivity contribution < 1.29 is 9.53 Å². The Labute approximate surface area is 145 Å². The van der Waals surface area contributed by atoms with Crippen molar-refractivity contribution in [2.24, 2.45) is 5.73 Å². The fourth-order valence-corrected chi connectivity index (χ4v) is 2.94. The summed E-state index contributed by atoms with van der Waals surface area (Å²) in [5, 5.41) is 0. The van der Waals surface area contributed by atoms with Crippen LogP contribution in [0, 0.1) is 0 Å². The normalized spacial score (nSPS) is 17.5. The van der Waals surface area contributed by atoms with E-state index in [1.807, 2.05) is 17.0 Å². The molecule has 0 aliphatic carbocycles. The van der Waals surface area contributed by atoms with Crippen molar-refractivity contribution in [3.05, 3.63) is 29.8 Å². The number of hydrogen-bond acceptors (Lipinski definition) is 3. The lowest BCUT2D eigenvalue weighted by atomic mass is 10.0. The highest BCUT2D eigenvalue weighted by molar-refractivity contribution is 5.85. The minimum Gasteiger partial charge on any atom is -0.494 e. The summed E-state index contributed by atoms with van der Waals surface area (Å²) >= 11 is 0. The van der Waals surface area contributed by atoms with Crippen LogP contribution in [0.1, 0.15) is 44.6 Å². The molecule has 1 heterocycles. The van der Waals surface area contributed by atoms with Gasteiger partial charge in [0.05, 0.1) is 6.61 Å². The molecule has 1 aliphatic rings. The standard InChI is InChI=1S/C18H28N2O2.ClH/c1-2-13-22-17-9-6-15(7-10-17)8-11-18(21)20-12-4-3-5-16(20)14-19;/h6-7,9-10,16H,2-5,8,11-14,19H2,1H3;1H. The Morgan fingerprint density at radius 1 is 1.30 bits per heavy atom. The maximum Gasteiger partial charge on any atom is 0.223 e. The van der Waals surface area contributed by atoms with Gasteiger partial charge in [0.25, 0.3) is 0 Å². The van der Waals surface area contributed by atoms with Crippen LogP contribution in [-0.2, 0) is 11.2 Å². The molecule has 4 nitrogen and oxygen atoms in total. The summed E-state index contributed by atoms with van der Waals surface area (Å²) in [4.78, 5) is 14.4. The average Bonchev–Trinajstić information content (AvgIpc) is 2.58. The van der Waals surface area contributed by atoms with E-state index in [2.05, 4.69) is 19.1 Å². The first-order chi connectivity index (χ1) is 10.7. The number of carbonyl (C=O) groups excluding carboxylic acids is 1. The molecule has 2 rings (SSSR count). The Hall–Kier alpha value is -1.26. The predicted molar refractivity (Wildman–Crippen MR) is 96.2 cm³/mol. The Bertz CT molecular complexity index is 465. The number of amides is 1. The van der Waals surface area contributed by atoms with Crippen LogP contribution in [0.5, 0.6) is 5.75 Å². The topological polar surface area (TPSA) is 55.6 Å². The Morgan fingerprint density at radius 3 is 2.70 bits per heavy atom. The summed E-state index contributed by atoms with van der Waals surface area (Å²) < 4.78 is 5.57. The van der Waals surface area contributed by atoms with Gasteiger partial charge in [-0.05, 0) is 49.8 Å². The molecule has 1 amide bonds. The largest absolute Gasteiger partial charge is 0.494 e. The van der Waals surface area contributed by atoms with Gasteiger partial charge in [0, 0.05) is 25.6 Å². The number of rotatable bonds is 7. The summed E-state index contributed by atoms with van der Waals surface area (Å²) in [6.45, 7) is 4.28. The second kappa shape index (κ2) is 10.5. The maximum atomic E-state index is 12.4. The van der Waals surface area contributed by atoms with Gasteiger partial charge in [-0.15, -0.1) is 12.4 Å². The van der Waals surface area contributed by atoms with Crippen LogP contribution in [0.15, 0.2) is 24.3 Å². The van der Waals surface area contributed by atoms with Gasteiger partial charge in [-0.1, -0.05) is 19.1 Å². The third kappa shape index (κ3) is 6.04. The zero-order valence-electron chi connectivity index (χ0n) is 14.0. The molecule has 1 saturated heterocycles. The second-order valence-corrected chi connectivity index (χ2v) is 5.96. The van der Waals surface area contributed by atoms with E-state index >= 15 is 0 Å². The first-order valence-electron chi connectivity index (χ1n) is 8.46. The molecular weight excluding hydrogens is 312 g/mol. The molecule has 1 aromatic carbocycles. The highest BCUT2D eigenvalue weighted by Crippen LogP contribution is 2.19. The summed E-state index contributed by atoms with van der Waals surface area (Å²) in [5.41, 5.74) is 6.97. The number of halogens is 1. The van der Waals surface area contributed by atoms with E-state index in [4.69, 9.17) is 10.5 Å². The molecule has 0 saturated carbocycles. The molecule has 0 radical (unpaired) electrons. The van der Waals surface area contributed by atoms with Crippen molar-refractivity contribution in [1.29, 1.82) is 0 Å². The molecule has 1 unspecified atom stereocenters. The zero-order valence-corrected chi connectivity index (χ0v) is 14.8. The minimum atomic E-state index is 0. The van der Waals surface area contributed by atoms with Crippen LogP contribution < -0.4 is 10.5 Å². The van der Waals surface area contributed by atoms with Crippen LogP contribution in [0.3, 0.4) is 0 Å². The molecule has 0 bridgehead atoms. The van der Waals surface area contributed by atoms with E-state index < -0.39 is 0 Å². The van der Waals surface area contributed by atoms with Gasteiger partial charge in [0.15, 0.2) is 0 Å². The number of benzene rings is 1. The predicted octanol–water partition coefficient (Wildman–Crippen LogP) is 3.17. The lowest BCUT2D eigenvalue weighted by molar-refractivity contribution is -0.134. The number of nitrogens with zero attached hydrogens (tertiary/aromatic N) is 1. The smallest absolute Gasteiger partial charge is 0.223 e. The molecule has 1 aromatic rings. The van der Waals surface area contributed by atoms with E-state index in [-0.39, 0.29) is 24.4 Å². The van der Waals surface area contributed by atoms with Crippen LogP contribution in [0.2, 0.25) is 0 Å². The molecule has 0 aromatic heterocycles. The Balaban J connectivity index is 0.00000264. The van der Waals surface area contributed by atoms with E-state index in [1.54, 1.807) is 0 Å². The summed E-state index contributed by atoms with van der Waals surface area (Å²) in [5.74, 6) is 1.14. The van der Waals surface area contributed by atoms with E-state index in [1.165, 1.54) is 12.0 Å². The van der Waals surface area contributed by atoms with Crippen molar-refractivity contribution >= 4 is 18.3 Å². The van der Waals surface area contributed by atoms with Crippen molar-refractivity contribution in [3.8, 4) is 5.75 Å². The molecule has 0 spiro atoms. The first-order valence-corrected chi connectivity index (χ1v) is 8.46. The quantitative estimate of drug-likeness (QED) is 0.829. The van der Waals surface area contributed by atoms with Crippen molar-refractivity contribution in [3.63, 3.8) is 0 Å². The van der Waals surface area contributed by atoms with Gasteiger partial charge < -0.3 is 15.4 Å². The number of nitrogens with two attached hydrogens (primary N) is 1. The van der Waals surface area contributed by atoms with Gasteiger partial charge >= 0.3 is 0 Å². The summed E-state index contributed by atoms with van der Waals surface area (Å²) in [6, 6.07) is 8.31. The van der Waals surface area contributed by atoms with Crippen molar-refractivity contribution in [2.75, 3.05) is 19.7 Å². The zero-order chi connectivity index (χ0) is 15.8. The van der Waals surface area contributed by atoms with E-state index in [0.717, 1.165) is 44.6 Å². The highest BCUT2D eigenvalue weighted by atomic mass is 35.5. The first kappa shape index (κ1) is 19.8. The van der Waals surface area contributed by atoms with Gasteiger partial charge in [-0.2, -0.15) is 0 Å². The lowest BCUT2D eigenvalue weighted by Gasteiger charge is -2.35. The van der Waals surface area contributed by atoms with Crippen LogP contribution in [0.4, 0.5) is 0 Å². The Kier molecular flexibility index (Phi) is 9.03. The van der Waals surface area contributed by atoms with Crippen LogP contribution >= 0.6 is 12.4 Å². The second-order valence-electron chi connectivity index (χ2n) is 5.96. The number of carbonyl (C=O) groups is 1. The number of likely N-dealkylation sites (tertiary alicyclic amines) is 1. The highest BCUT2D eigenvalue weighted by Gasteiger charge is 2.24. The molecule has 1 aliphatic heterocycles. The van der Waals surface area contributed by atoms with Gasteiger partial charge in [-0.3, -0.25) is 4.79 Å². The fourth-order valence-electron chi connectivity index (χ4n) is 2.94. The third-order valence-corrected chi connectivity index (χ3v) is 4.24. The van der Waals surface area contributed by atoms with Gasteiger partial charge in [0.1, 0.15) is 5.75 Å². The molecule has 1 atom stereocenters. The number of piperidine rings is 1. The van der Waals surface area contributed by atoms with E-state index in [0.29, 0.717) is 13.0 Å². The van der Waals surface area contributed by atoms with E-state index in [9.17, 15) is 4.79 Å². The molecule has 2 N–H and O–H groups in total. The number of hydrogen-bond donors (Lipinski definition) is 1. The van der Waals surface area contributed by atoms with Gasteiger partial charge in [0.2, 0.25) is 5.91 Å². The van der Waals surface area contributed by atoms with Crippen LogP contribution in [-0.4, -0.2) is 36.5 Å². The lowest BCUT2D eigenvalue weighted by Crippen LogP contribution is -2.47. The maximum absolute atomic E-state index is 12.4. The third-order valence-electron chi connectivity index (χ3n) is 4.24. The monoisotopic (exact) mass is 340 g/mol. The average molecular weight is 341 g/mol. The van der Waals surface area contributed by atoms with Crippen molar-refractivity contribution in [1.82, 2.24) is 4.90 Å². The summed E-state index contributed by atoms with van der Waals surface area (Å²) in [7, 11) is 0. The molecule has 5 heteroatoms. The number of aryl methyl sites for hydroxylation is 1. The molecule has 1 fully saturated rings. The van der Waals surface area contributed by atoms with Gasteiger partial charge in [-0.25, -0.2) is 0 Å². The van der Waals surface area contributed by atoms with Crippen molar-refractivity contribution in [2.45, 2.75) is 51.5 Å².